The largest absolute Gasteiger partial charge is 0.466 e. The summed E-state index contributed by atoms with van der Waals surface area (Å²) in [6, 6.07) is 8.99. The Morgan fingerprint density at radius 3 is 2.58 bits per heavy atom. The lowest BCUT2D eigenvalue weighted by atomic mass is 10.2. The number of rotatable bonds is 7. The van der Waals surface area contributed by atoms with Crippen LogP contribution in [0.2, 0.25) is 0 Å². The molecule has 0 spiro atoms. The highest BCUT2D eigenvalue weighted by atomic mass is 16.3. The van der Waals surface area contributed by atoms with Crippen molar-refractivity contribution in [3.05, 3.63) is 47.4 Å². The van der Waals surface area contributed by atoms with Gasteiger partial charge in [-0.15, -0.1) is 0 Å². The molecule has 0 unspecified atom stereocenters. The molecule has 2 rings (SSSR count). The average molecular weight is 330 g/mol. The van der Waals surface area contributed by atoms with Crippen LogP contribution in [-0.4, -0.2) is 18.5 Å². The molecule has 7 heteroatoms. The number of nitrogens with one attached hydrogen (secondary N) is 3. The number of carbonyl (C=O) groups is 2. The van der Waals surface area contributed by atoms with Crippen LogP contribution in [0.3, 0.4) is 0 Å². The number of anilines is 2. The van der Waals surface area contributed by atoms with Crippen molar-refractivity contribution in [3.63, 3.8) is 0 Å². The number of aryl methyl sites for hydroxylation is 2. The molecule has 0 radical (unpaired) electrons. The van der Waals surface area contributed by atoms with Gasteiger partial charge in [-0.2, -0.15) is 0 Å². The molecule has 0 bridgehead atoms. The van der Waals surface area contributed by atoms with Gasteiger partial charge in [-0.3, -0.25) is 4.79 Å². The van der Waals surface area contributed by atoms with Crippen molar-refractivity contribution in [2.75, 3.05) is 17.2 Å². The molecule has 0 atom stereocenters. The first-order chi connectivity index (χ1) is 11.4. The molecule has 0 saturated carbocycles. The maximum Gasteiger partial charge on any atom is 0.319 e. The molecule has 1 aromatic carbocycles. The molecule has 0 saturated heterocycles. The van der Waals surface area contributed by atoms with Gasteiger partial charge in [0.2, 0.25) is 5.91 Å². The van der Waals surface area contributed by atoms with Gasteiger partial charge in [-0.05, 0) is 38.1 Å². The SMILES string of the molecule is Cc1cc(CNc2cccc(NC(=O)NCCC(N)=O)c2)c(C)o1. The number of primary amides is 1. The predicted molar refractivity (Wildman–Crippen MR) is 92.8 cm³/mol. The second kappa shape index (κ2) is 8.05. The van der Waals surface area contributed by atoms with E-state index in [0.29, 0.717) is 12.2 Å². The van der Waals surface area contributed by atoms with Crippen LogP contribution in [0.5, 0.6) is 0 Å². The summed E-state index contributed by atoms with van der Waals surface area (Å²) < 4.78 is 5.50. The predicted octanol–water partition coefficient (Wildman–Crippen LogP) is 2.51. The molecule has 5 N–H and O–H groups in total. The van der Waals surface area contributed by atoms with Gasteiger partial charge in [0.25, 0.3) is 0 Å². The molecule has 0 fully saturated rings. The van der Waals surface area contributed by atoms with Gasteiger partial charge in [0.1, 0.15) is 11.5 Å². The lowest BCUT2D eigenvalue weighted by Crippen LogP contribution is -2.31. The Hall–Kier alpha value is -2.96. The van der Waals surface area contributed by atoms with Gasteiger partial charge in [0.05, 0.1) is 0 Å². The Bertz CT molecular complexity index is 724. The highest BCUT2D eigenvalue weighted by Gasteiger charge is 2.06. The highest BCUT2D eigenvalue weighted by Crippen LogP contribution is 2.18. The van der Waals surface area contributed by atoms with Gasteiger partial charge in [-0.25, -0.2) is 4.79 Å². The van der Waals surface area contributed by atoms with E-state index in [2.05, 4.69) is 16.0 Å². The van der Waals surface area contributed by atoms with E-state index in [4.69, 9.17) is 10.2 Å². The Morgan fingerprint density at radius 1 is 1.17 bits per heavy atom. The first kappa shape index (κ1) is 17.4. The van der Waals surface area contributed by atoms with Crippen LogP contribution < -0.4 is 21.7 Å². The third-order valence-corrected chi connectivity index (χ3v) is 3.40. The van der Waals surface area contributed by atoms with Crippen LogP contribution in [0.25, 0.3) is 0 Å². The summed E-state index contributed by atoms with van der Waals surface area (Å²) in [5.41, 5.74) is 7.64. The van der Waals surface area contributed by atoms with Crippen LogP contribution in [0.1, 0.15) is 23.5 Å². The fraction of sp³-hybridized carbons (Fsp3) is 0.294. The molecule has 0 aliphatic carbocycles. The molecule has 3 amide bonds. The fourth-order valence-corrected chi connectivity index (χ4v) is 2.24. The molecule has 7 nitrogen and oxygen atoms in total. The van der Waals surface area contributed by atoms with Crippen molar-refractivity contribution in [1.29, 1.82) is 0 Å². The number of hydrogen-bond acceptors (Lipinski definition) is 4. The normalized spacial score (nSPS) is 10.2. The van der Waals surface area contributed by atoms with E-state index in [1.165, 1.54) is 0 Å². The quantitative estimate of drug-likeness (QED) is 0.625. The van der Waals surface area contributed by atoms with Gasteiger partial charge in [0, 0.05) is 36.4 Å². The van der Waals surface area contributed by atoms with Gasteiger partial charge >= 0.3 is 6.03 Å². The Labute approximate surface area is 140 Å². The molecule has 1 heterocycles. The number of furan rings is 1. The molecule has 24 heavy (non-hydrogen) atoms. The topological polar surface area (TPSA) is 109 Å². The Morgan fingerprint density at radius 2 is 1.92 bits per heavy atom. The van der Waals surface area contributed by atoms with Crippen LogP contribution >= 0.6 is 0 Å². The first-order valence-corrected chi connectivity index (χ1v) is 7.67. The standard InChI is InChI=1S/C17H22N4O3/c1-11-8-13(12(2)24-11)10-20-14-4-3-5-15(9-14)21-17(23)19-7-6-16(18)22/h3-5,8-9,20H,6-7,10H2,1-2H3,(H2,18,22)(H2,19,21,23). The third-order valence-electron chi connectivity index (χ3n) is 3.40. The summed E-state index contributed by atoms with van der Waals surface area (Å²) in [5, 5.41) is 8.57. The summed E-state index contributed by atoms with van der Waals surface area (Å²) in [4.78, 5) is 22.4. The minimum Gasteiger partial charge on any atom is -0.466 e. The summed E-state index contributed by atoms with van der Waals surface area (Å²) in [7, 11) is 0. The van der Waals surface area contributed by atoms with Gasteiger partial charge < -0.3 is 26.1 Å². The average Bonchev–Trinajstić information content (AvgIpc) is 2.83. The van der Waals surface area contributed by atoms with Crippen molar-refractivity contribution in [1.82, 2.24) is 5.32 Å². The summed E-state index contributed by atoms with van der Waals surface area (Å²) in [6.07, 6.45) is 0.110. The van der Waals surface area contributed by atoms with E-state index in [1.807, 2.05) is 38.1 Å². The zero-order chi connectivity index (χ0) is 17.5. The minimum atomic E-state index is -0.453. The number of carbonyl (C=O) groups excluding carboxylic acids is 2. The maximum absolute atomic E-state index is 11.7. The van der Waals surface area contributed by atoms with Crippen LogP contribution in [0.4, 0.5) is 16.2 Å². The molecule has 1 aromatic heterocycles. The van der Waals surface area contributed by atoms with E-state index in [-0.39, 0.29) is 19.0 Å². The zero-order valence-electron chi connectivity index (χ0n) is 13.8. The van der Waals surface area contributed by atoms with Gasteiger partial charge in [0.15, 0.2) is 0 Å². The molecular formula is C17H22N4O3. The van der Waals surface area contributed by atoms with Crippen LogP contribution in [0, 0.1) is 13.8 Å². The zero-order valence-corrected chi connectivity index (χ0v) is 13.8. The molecule has 0 aliphatic rings. The van der Waals surface area contributed by atoms with Crippen LogP contribution in [0.15, 0.2) is 34.7 Å². The highest BCUT2D eigenvalue weighted by molar-refractivity contribution is 5.90. The molecule has 128 valence electrons. The number of amides is 3. The Balaban J connectivity index is 1.87. The summed E-state index contributed by atoms with van der Waals surface area (Å²) in [5.74, 6) is 1.32. The number of benzene rings is 1. The summed E-state index contributed by atoms with van der Waals surface area (Å²) in [6.45, 7) is 4.69. The molecular weight excluding hydrogens is 308 g/mol. The van der Waals surface area contributed by atoms with E-state index < -0.39 is 5.91 Å². The smallest absolute Gasteiger partial charge is 0.319 e. The second-order valence-corrected chi connectivity index (χ2v) is 5.47. The summed E-state index contributed by atoms with van der Waals surface area (Å²) >= 11 is 0. The lowest BCUT2D eigenvalue weighted by Gasteiger charge is -2.10. The Kier molecular flexibility index (Phi) is 5.83. The second-order valence-electron chi connectivity index (χ2n) is 5.47. The van der Waals surface area contributed by atoms with Crippen molar-refractivity contribution in [2.45, 2.75) is 26.8 Å². The van der Waals surface area contributed by atoms with Crippen molar-refractivity contribution >= 4 is 23.3 Å². The number of urea groups is 1. The van der Waals surface area contributed by atoms with Crippen molar-refractivity contribution < 1.29 is 14.0 Å². The lowest BCUT2D eigenvalue weighted by molar-refractivity contribution is -0.117. The van der Waals surface area contributed by atoms with E-state index in [9.17, 15) is 9.59 Å². The minimum absolute atomic E-state index is 0.110. The van der Waals surface area contributed by atoms with Crippen molar-refractivity contribution in [2.24, 2.45) is 5.73 Å². The number of nitrogens with two attached hydrogens (primary N) is 1. The van der Waals surface area contributed by atoms with E-state index in [0.717, 1.165) is 22.8 Å². The molecule has 2 aromatic rings. The van der Waals surface area contributed by atoms with Crippen molar-refractivity contribution in [3.8, 4) is 0 Å². The van der Waals surface area contributed by atoms with E-state index in [1.54, 1.807) is 6.07 Å². The monoisotopic (exact) mass is 330 g/mol. The van der Waals surface area contributed by atoms with Crippen LogP contribution in [-0.2, 0) is 11.3 Å². The number of hydrogen-bond donors (Lipinski definition) is 4. The first-order valence-electron chi connectivity index (χ1n) is 7.67. The fourth-order valence-electron chi connectivity index (χ4n) is 2.24. The van der Waals surface area contributed by atoms with E-state index >= 15 is 0 Å². The maximum atomic E-state index is 11.7. The third kappa shape index (κ3) is 5.35. The van der Waals surface area contributed by atoms with Gasteiger partial charge in [-0.1, -0.05) is 6.07 Å². The molecule has 0 aliphatic heterocycles.